The predicted octanol–water partition coefficient (Wildman–Crippen LogP) is 1.34. The summed E-state index contributed by atoms with van der Waals surface area (Å²) in [6.45, 7) is 3.96. The zero-order valence-electron chi connectivity index (χ0n) is 16.3. The molecule has 1 aromatic rings. The van der Waals surface area contributed by atoms with E-state index in [2.05, 4.69) is 5.32 Å². The summed E-state index contributed by atoms with van der Waals surface area (Å²) < 4.78 is 20.2. The van der Waals surface area contributed by atoms with E-state index < -0.39 is 18.0 Å². The predicted molar refractivity (Wildman–Crippen MR) is 104 cm³/mol. The van der Waals surface area contributed by atoms with Crippen molar-refractivity contribution in [3.05, 3.63) is 24.0 Å². The highest BCUT2D eigenvalue weighted by Gasteiger charge is 2.39. The molecule has 0 radical (unpaired) electrons. The Kier molecular flexibility index (Phi) is 5.29. The van der Waals surface area contributed by atoms with Gasteiger partial charge in [-0.1, -0.05) is 0 Å². The van der Waals surface area contributed by atoms with E-state index in [1.165, 1.54) is 17.9 Å². The highest BCUT2D eigenvalue weighted by atomic mass is 19.1. The fourth-order valence-corrected chi connectivity index (χ4v) is 4.56. The van der Waals surface area contributed by atoms with Crippen molar-refractivity contribution in [1.29, 1.82) is 0 Å². The van der Waals surface area contributed by atoms with Crippen LogP contribution in [0.3, 0.4) is 0 Å². The minimum Gasteiger partial charge on any atom is -0.442 e. The van der Waals surface area contributed by atoms with Crippen molar-refractivity contribution in [2.45, 2.75) is 31.9 Å². The smallest absolute Gasteiger partial charge is 0.414 e. The van der Waals surface area contributed by atoms with E-state index in [1.54, 1.807) is 12.1 Å². The second kappa shape index (κ2) is 7.88. The molecule has 4 rings (SSSR count). The van der Waals surface area contributed by atoms with Gasteiger partial charge >= 0.3 is 6.09 Å². The van der Waals surface area contributed by atoms with E-state index in [0.29, 0.717) is 23.8 Å². The standard InChI is InChI=1S/C20H25FN4O4/c1-13(27)22-8-16-10-25(20(28)29-16)15-4-5-18(17(21)7-15)24-9-14-3-2-6-23(12-26)19(14)11-24/h4-5,7,12,14,16,19H,2-3,6,8-11H2,1H3,(H,22,27)/t14-,16-,19+/m0/s1. The highest BCUT2D eigenvalue weighted by molar-refractivity contribution is 5.90. The number of benzene rings is 1. The molecule has 8 nitrogen and oxygen atoms in total. The van der Waals surface area contributed by atoms with Crippen molar-refractivity contribution >= 4 is 29.8 Å². The summed E-state index contributed by atoms with van der Waals surface area (Å²) in [7, 11) is 0. The number of carbonyl (C=O) groups excluding carboxylic acids is 3. The normalized spacial score (nSPS) is 26.3. The molecule has 0 spiro atoms. The van der Waals surface area contributed by atoms with E-state index in [9.17, 15) is 18.8 Å². The zero-order valence-corrected chi connectivity index (χ0v) is 16.3. The molecule has 1 N–H and O–H groups in total. The van der Waals surface area contributed by atoms with Crippen molar-refractivity contribution < 1.29 is 23.5 Å². The Morgan fingerprint density at radius 3 is 2.90 bits per heavy atom. The van der Waals surface area contributed by atoms with Crippen LogP contribution in [0.15, 0.2) is 18.2 Å². The number of hydrogen-bond acceptors (Lipinski definition) is 5. The molecule has 0 unspecified atom stereocenters. The number of cyclic esters (lactones) is 1. The Morgan fingerprint density at radius 1 is 1.34 bits per heavy atom. The van der Waals surface area contributed by atoms with Gasteiger partial charge in [0.25, 0.3) is 0 Å². The van der Waals surface area contributed by atoms with Gasteiger partial charge in [-0.15, -0.1) is 0 Å². The molecule has 0 saturated carbocycles. The first-order chi connectivity index (χ1) is 14.0. The number of anilines is 2. The third-order valence-corrected chi connectivity index (χ3v) is 6.00. The molecular weight excluding hydrogens is 379 g/mol. The maximum Gasteiger partial charge on any atom is 0.414 e. The average molecular weight is 404 g/mol. The Morgan fingerprint density at radius 2 is 2.17 bits per heavy atom. The van der Waals surface area contributed by atoms with Crippen LogP contribution in [0.25, 0.3) is 0 Å². The summed E-state index contributed by atoms with van der Waals surface area (Å²) in [5.74, 6) is -0.248. The van der Waals surface area contributed by atoms with Gasteiger partial charge in [-0.05, 0) is 37.0 Å². The third-order valence-electron chi connectivity index (χ3n) is 6.00. The number of likely N-dealkylation sites (tertiary alicyclic amines) is 1. The maximum absolute atomic E-state index is 14.9. The Labute approximate surface area is 168 Å². The molecule has 3 saturated heterocycles. The number of piperidine rings is 1. The number of nitrogens with one attached hydrogen (secondary N) is 1. The molecule has 3 aliphatic rings. The molecule has 3 fully saturated rings. The summed E-state index contributed by atoms with van der Waals surface area (Å²) >= 11 is 0. The zero-order chi connectivity index (χ0) is 20.5. The van der Waals surface area contributed by atoms with E-state index in [1.807, 2.05) is 9.80 Å². The van der Waals surface area contributed by atoms with Gasteiger partial charge in [-0.25, -0.2) is 9.18 Å². The van der Waals surface area contributed by atoms with Crippen LogP contribution in [0.5, 0.6) is 0 Å². The first-order valence-electron chi connectivity index (χ1n) is 9.94. The SMILES string of the molecule is CC(=O)NC[C@H]1CN(c2ccc(N3C[C@@H]4CCCN(C=O)[C@@H]4C3)c(F)c2)C(=O)O1. The summed E-state index contributed by atoms with van der Waals surface area (Å²) in [5.41, 5.74) is 0.907. The van der Waals surface area contributed by atoms with Crippen molar-refractivity contribution in [1.82, 2.24) is 10.2 Å². The van der Waals surface area contributed by atoms with E-state index >= 15 is 0 Å². The van der Waals surface area contributed by atoms with Crippen LogP contribution in [0.2, 0.25) is 0 Å². The lowest BCUT2D eigenvalue weighted by Gasteiger charge is -2.33. The monoisotopic (exact) mass is 404 g/mol. The molecule has 3 amide bonds. The van der Waals surface area contributed by atoms with Gasteiger partial charge in [-0.2, -0.15) is 0 Å². The summed E-state index contributed by atoms with van der Waals surface area (Å²) in [5, 5.41) is 2.62. The second-order valence-electron chi connectivity index (χ2n) is 7.91. The lowest BCUT2D eigenvalue weighted by atomic mass is 9.93. The van der Waals surface area contributed by atoms with Gasteiger partial charge < -0.3 is 19.9 Å². The number of nitrogens with zero attached hydrogens (tertiary/aromatic N) is 3. The number of amides is 3. The molecule has 156 valence electrons. The quantitative estimate of drug-likeness (QED) is 0.749. The van der Waals surface area contributed by atoms with E-state index in [0.717, 1.165) is 32.3 Å². The molecule has 3 aliphatic heterocycles. The second-order valence-corrected chi connectivity index (χ2v) is 7.91. The molecule has 1 aromatic carbocycles. The average Bonchev–Trinajstić information content (AvgIpc) is 3.29. The van der Waals surface area contributed by atoms with Crippen LogP contribution in [-0.4, -0.2) is 68.2 Å². The molecule has 3 atom stereocenters. The lowest BCUT2D eigenvalue weighted by molar-refractivity contribution is -0.122. The molecule has 0 aromatic heterocycles. The number of carbonyl (C=O) groups is 3. The number of fused-ring (bicyclic) bond motifs is 1. The molecular formula is C20H25FN4O4. The van der Waals surface area contributed by atoms with Crippen LogP contribution in [0.1, 0.15) is 19.8 Å². The summed E-state index contributed by atoms with van der Waals surface area (Å²) in [6, 6.07) is 4.86. The molecule has 3 heterocycles. The van der Waals surface area contributed by atoms with Gasteiger partial charge in [0.05, 0.1) is 30.5 Å². The number of rotatable bonds is 5. The van der Waals surface area contributed by atoms with Gasteiger partial charge in [0.2, 0.25) is 12.3 Å². The van der Waals surface area contributed by atoms with Crippen LogP contribution in [-0.2, 0) is 14.3 Å². The Balaban J connectivity index is 1.45. The first kappa shape index (κ1) is 19.5. The molecule has 9 heteroatoms. The minimum absolute atomic E-state index is 0.128. The largest absolute Gasteiger partial charge is 0.442 e. The van der Waals surface area contributed by atoms with Crippen molar-refractivity contribution in [3.8, 4) is 0 Å². The highest BCUT2D eigenvalue weighted by Crippen LogP contribution is 2.35. The number of halogens is 1. The molecule has 0 bridgehead atoms. The minimum atomic E-state index is -0.554. The van der Waals surface area contributed by atoms with Crippen LogP contribution < -0.4 is 15.1 Å². The van der Waals surface area contributed by atoms with E-state index in [-0.39, 0.29) is 25.0 Å². The Hall–Kier alpha value is -2.84. The number of ether oxygens (including phenoxy) is 1. The van der Waals surface area contributed by atoms with Crippen molar-refractivity contribution in [2.24, 2.45) is 5.92 Å². The summed E-state index contributed by atoms with van der Waals surface area (Å²) in [4.78, 5) is 39.7. The first-order valence-corrected chi connectivity index (χ1v) is 9.94. The fraction of sp³-hybridized carbons (Fsp3) is 0.550. The van der Waals surface area contributed by atoms with Crippen LogP contribution >= 0.6 is 0 Å². The fourth-order valence-electron chi connectivity index (χ4n) is 4.56. The van der Waals surface area contributed by atoms with E-state index in [4.69, 9.17) is 4.74 Å². The Bertz CT molecular complexity index is 820. The van der Waals surface area contributed by atoms with Gasteiger partial charge in [0.15, 0.2) is 0 Å². The van der Waals surface area contributed by atoms with Gasteiger partial charge in [0, 0.05) is 26.6 Å². The van der Waals surface area contributed by atoms with Gasteiger partial charge in [-0.3, -0.25) is 14.5 Å². The molecule has 0 aliphatic carbocycles. The third kappa shape index (κ3) is 3.86. The number of hydrogen-bond donors (Lipinski definition) is 1. The van der Waals surface area contributed by atoms with Crippen molar-refractivity contribution in [2.75, 3.05) is 42.5 Å². The van der Waals surface area contributed by atoms with Gasteiger partial charge in [0.1, 0.15) is 11.9 Å². The van der Waals surface area contributed by atoms with Crippen molar-refractivity contribution in [3.63, 3.8) is 0 Å². The summed E-state index contributed by atoms with van der Waals surface area (Å²) in [6.07, 6.45) is 1.90. The maximum atomic E-state index is 14.9. The van der Waals surface area contributed by atoms with Crippen LogP contribution in [0, 0.1) is 11.7 Å². The van der Waals surface area contributed by atoms with Crippen LogP contribution in [0.4, 0.5) is 20.6 Å². The topological polar surface area (TPSA) is 82.2 Å². The molecule has 29 heavy (non-hydrogen) atoms. The lowest BCUT2D eigenvalue weighted by Crippen LogP contribution is -2.44.